The molecule has 2 aromatic heterocycles. The van der Waals surface area contributed by atoms with E-state index in [1.54, 1.807) is 0 Å². The molecule has 1 aliphatic carbocycles. The van der Waals surface area contributed by atoms with Crippen molar-refractivity contribution in [1.29, 1.82) is 0 Å². The van der Waals surface area contributed by atoms with Crippen molar-refractivity contribution >= 4 is 13.5 Å². The number of hydrogen-bond acceptors (Lipinski definition) is 4. The van der Waals surface area contributed by atoms with Crippen molar-refractivity contribution in [3.05, 3.63) is 71.4 Å². The van der Waals surface area contributed by atoms with E-state index in [0.717, 1.165) is 6.07 Å². The van der Waals surface area contributed by atoms with Crippen molar-refractivity contribution in [2.75, 3.05) is 0 Å². The zero-order valence-corrected chi connectivity index (χ0v) is 18.7. The highest BCUT2D eigenvalue weighted by atomic mass is 31.2. The first kappa shape index (κ1) is 24.3. The summed E-state index contributed by atoms with van der Waals surface area (Å²) in [6.07, 6.45) is -1.13. The summed E-state index contributed by atoms with van der Waals surface area (Å²) < 4.78 is 100. The highest BCUT2D eigenvalue weighted by Crippen LogP contribution is 2.46. The lowest BCUT2D eigenvalue weighted by molar-refractivity contribution is -0.139. The molecule has 1 fully saturated rings. The van der Waals surface area contributed by atoms with Gasteiger partial charge in [-0.1, -0.05) is 0 Å². The number of hydrogen-bond donors (Lipinski definition) is 2. The Hall–Kier alpha value is -3.41. The van der Waals surface area contributed by atoms with Crippen LogP contribution in [0.5, 0.6) is 5.75 Å². The number of fused-ring (bicyclic) bond motifs is 1. The standard InChI is InChI=1S/C22H14F6N3O4P/c23-14-4-3-11(5-13(14)22(26,27)28)17-9-31-18(8-29-17)30-20(10-1-2-10)21(31)19-15(24)6-12(7-16(19)25)35-36(32,33)34/h3-10H,1-2H2,(H2,32,33,34). The summed E-state index contributed by atoms with van der Waals surface area (Å²) in [7, 11) is -5.08. The lowest BCUT2D eigenvalue weighted by Gasteiger charge is -2.12. The van der Waals surface area contributed by atoms with Gasteiger partial charge in [0.1, 0.15) is 23.2 Å². The first-order chi connectivity index (χ1) is 16.8. The van der Waals surface area contributed by atoms with Crippen molar-refractivity contribution < 1.29 is 45.2 Å². The Morgan fingerprint density at radius 1 is 1.03 bits per heavy atom. The molecule has 36 heavy (non-hydrogen) atoms. The van der Waals surface area contributed by atoms with E-state index in [1.807, 2.05) is 0 Å². The molecule has 2 N–H and O–H groups in total. The van der Waals surface area contributed by atoms with E-state index in [0.29, 0.717) is 42.8 Å². The van der Waals surface area contributed by atoms with Gasteiger partial charge in [-0.25, -0.2) is 22.7 Å². The molecule has 7 nitrogen and oxygen atoms in total. The monoisotopic (exact) mass is 529 g/mol. The molecule has 2 heterocycles. The number of imidazole rings is 1. The molecule has 4 aromatic rings. The van der Waals surface area contributed by atoms with Crippen LogP contribution in [0.4, 0.5) is 26.3 Å². The van der Waals surface area contributed by atoms with E-state index in [9.17, 15) is 22.1 Å². The van der Waals surface area contributed by atoms with Crippen molar-refractivity contribution in [2.45, 2.75) is 24.9 Å². The third-order valence-corrected chi connectivity index (χ3v) is 5.99. The average molecular weight is 529 g/mol. The predicted molar refractivity (Wildman–Crippen MR) is 113 cm³/mol. The summed E-state index contributed by atoms with van der Waals surface area (Å²) in [6, 6.07) is 3.52. The van der Waals surface area contributed by atoms with E-state index >= 15 is 8.78 Å². The van der Waals surface area contributed by atoms with Crippen LogP contribution in [0.1, 0.15) is 30.0 Å². The Bertz CT molecular complexity index is 1540. The SMILES string of the molecule is O=P(O)(O)Oc1cc(F)c(-c2c(C3CC3)nc3cnc(-c4ccc(F)c(C(F)(F)F)c4)cn23)c(F)c1. The van der Waals surface area contributed by atoms with Crippen LogP contribution in [-0.2, 0) is 10.7 Å². The number of rotatable bonds is 5. The number of benzene rings is 2. The zero-order chi connectivity index (χ0) is 26.0. The summed E-state index contributed by atoms with van der Waals surface area (Å²) >= 11 is 0. The number of alkyl halides is 3. The van der Waals surface area contributed by atoms with Crippen LogP contribution in [0.15, 0.2) is 42.7 Å². The number of phosphoric acid groups is 1. The van der Waals surface area contributed by atoms with Gasteiger partial charge in [-0.2, -0.15) is 13.2 Å². The van der Waals surface area contributed by atoms with Gasteiger partial charge in [-0.3, -0.25) is 19.2 Å². The van der Waals surface area contributed by atoms with Gasteiger partial charge in [0.25, 0.3) is 0 Å². The highest BCUT2D eigenvalue weighted by Gasteiger charge is 2.35. The lowest BCUT2D eigenvalue weighted by atomic mass is 10.1. The molecule has 1 aliphatic rings. The molecule has 0 amide bonds. The van der Waals surface area contributed by atoms with Crippen molar-refractivity contribution in [3.8, 4) is 28.3 Å². The zero-order valence-electron chi connectivity index (χ0n) is 17.8. The second kappa shape index (κ2) is 8.32. The van der Waals surface area contributed by atoms with Gasteiger partial charge < -0.3 is 4.52 Å². The van der Waals surface area contributed by atoms with Gasteiger partial charge in [-0.05, 0) is 31.0 Å². The molecule has 5 rings (SSSR count). The Balaban J connectivity index is 1.70. The third kappa shape index (κ3) is 4.57. The van der Waals surface area contributed by atoms with Gasteiger partial charge in [0.15, 0.2) is 5.65 Å². The van der Waals surface area contributed by atoms with Crippen molar-refractivity contribution in [2.24, 2.45) is 0 Å². The molecule has 2 aromatic carbocycles. The molecule has 0 atom stereocenters. The molecule has 0 saturated heterocycles. The van der Waals surface area contributed by atoms with Crippen LogP contribution < -0.4 is 4.52 Å². The van der Waals surface area contributed by atoms with Crippen LogP contribution in [0.2, 0.25) is 0 Å². The van der Waals surface area contributed by atoms with Gasteiger partial charge in [-0.15, -0.1) is 0 Å². The molecule has 1 saturated carbocycles. The summed E-state index contributed by atoms with van der Waals surface area (Å²) in [4.78, 5) is 26.3. The topological polar surface area (TPSA) is 97.0 Å². The molecule has 0 unspecified atom stereocenters. The molecule has 0 bridgehead atoms. The number of phosphoric ester groups is 1. The van der Waals surface area contributed by atoms with Crippen LogP contribution in [0, 0.1) is 17.5 Å². The van der Waals surface area contributed by atoms with E-state index in [-0.39, 0.29) is 28.5 Å². The Labute approximate surface area is 198 Å². The van der Waals surface area contributed by atoms with Crippen molar-refractivity contribution in [3.63, 3.8) is 0 Å². The smallest absolute Gasteiger partial charge is 0.404 e. The summed E-state index contributed by atoms with van der Waals surface area (Å²) in [5.41, 5.74) is -1.76. The maximum Gasteiger partial charge on any atom is 0.524 e. The van der Waals surface area contributed by atoms with Crippen LogP contribution >= 0.6 is 7.82 Å². The maximum absolute atomic E-state index is 15.1. The minimum atomic E-state index is -5.08. The van der Waals surface area contributed by atoms with Gasteiger partial charge >= 0.3 is 14.0 Å². The lowest BCUT2D eigenvalue weighted by Crippen LogP contribution is -2.08. The Kier molecular flexibility index (Phi) is 5.62. The maximum atomic E-state index is 15.1. The Morgan fingerprint density at radius 2 is 1.69 bits per heavy atom. The second-order valence-electron chi connectivity index (χ2n) is 8.16. The predicted octanol–water partition coefficient (Wildman–Crippen LogP) is 5.85. The molecule has 188 valence electrons. The van der Waals surface area contributed by atoms with Gasteiger partial charge in [0, 0.05) is 29.8 Å². The summed E-state index contributed by atoms with van der Waals surface area (Å²) in [6.45, 7) is 0. The van der Waals surface area contributed by atoms with E-state index in [4.69, 9.17) is 9.79 Å². The molecular formula is C22H14F6N3O4P. The van der Waals surface area contributed by atoms with Gasteiger partial charge in [0.2, 0.25) is 0 Å². The summed E-state index contributed by atoms with van der Waals surface area (Å²) in [5, 5.41) is 0. The Morgan fingerprint density at radius 3 is 2.28 bits per heavy atom. The number of halogens is 6. The first-order valence-corrected chi connectivity index (χ1v) is 11.8. The highest BCUT2D eigenvalue weighted by molar-refractivity contribution is 7.46. The number of nitrogens with zero attached hydrogens (tertiary/aromatic N) is 3. The molecule has 0 spiro atoms. The number of aromatic nitrogens is 3. The average Bonchev–Trinajstić information content (AvgIpc) is 3.53. The molecule has 0 radical (unpaired) electrons. The largest absolute Gasteiger partial charge is 0.524 e. The summed E-state index contributed by atoms with van der Waals surface area (Å²) in [5.74, 6) is -4.75. The molecular weight excluding hydrogens is 515 g/mol. The van der Waals surface area contributed by atoms with Crippen molar-refractivity contribution in [1.82, 2.24) is 14.4 Å². The van der Waals surface area contributed by atoms with Crippen LogP contribution in [0.25, 0.3) is 28.2 Å². The quantitative estimate of drug-likeness (QED) is 0.249. The van der Waals surface area contributed by atoms with E-state index in [2.05, 4.69) is 14.5 Å². The first-order valence-electron chi connectivity index (χ1n) is 10.3. The van der Waals surface area contributed by atoms with Gasteiger partial charge in [0.05, 0.1) is 34.4 Å². The molecule has 0 aliphatic heterocycles. The minimum absolute atomic E-state index is 0.0352. The van der Waals surface area contributed by atoms with E-state index < -0.39 is 48.3 Å². The minimum Gasteiger partial charge on any atom is -0.404 e. The normalized spacial score (nSPS) is 14.4. The fourth-order valence-corrected chi connectivity index (χ4v) is 4.26. The van der Waals surface area contributed by atoms with Crippen LogP contribution in [0.3, 0.4) is 0 Å². The van der Waals surface area contributed by atoms with Crippen LogP contribution in [-0.4, -0.2) is 24.2 Å². The fourth-order valence-electron chi connectivity index (χ4n) is 3.88. The fraction of sp³-hybridized carbons (Fsp3) is 0.182. The third-order valence-electron chi connectivity index (χ3n) is 5.54. The molecule has 14 heteroatoms. The second-order valence-corrected chi connectivity index (χ2v) is 9.32. The van der Waals surface area contributed by atoms with E-state index in [1.165, 1.54) is 16.8 Å².